The Balaban J connectivity index is 2.95. The molecule has 0 saturated carbocycles. The molecule has 18 heavy (non-hydrogen) atoms. The van der Waals surface area contributed by atoms with E-state index in [0.29, 0.717) is 12.1 Å². The van der Waals surface area contributed by atoms with Crippen molar-refractivity contribution in [3.63, 3.8) is 0 Å². The normalized spacial score (nSPS) is 12.1. The minimum atomic E-state index is -4.24. The molecular formula is C10H13F3N2O2S. The third-order valence-electron chi connectivity index (χ3n) is 2.09. The number of nitrogens with one attached hydrogen (secondary N) is 2. The minimum absolute atomic E-state index is 0.377. The molecule has 1 aromatic rings. The van der Waals surface area contributed by atoms with Gasteiger partial charge < -0.3 is 5.32 Å². The Kier molecular flexibility index (Phi) is 5.12. The van der Waals surface area contributed by atoms with Crippen molar-refractivity contribution in [1.29, 1.82) is 0 Å². The first-order valence-corrected chi connectivity index (χ1v) is 6.56. The maximum atomic E-state index is 13.6. The van der Waals surface area contributed by atoms with Crippen LogP contribution in [0.3, 0.4) is 0 Å². The molecule has 0 spiro atoms. The summed E-state index contributed by atoms with van der Waals surface area (Å²) >= 11 is 0. The van der Waals surface area contributed by atoms with Gasteiger partial charge in [-0.25, -0.2) is 26.3 Å². The maximum Gasteiger partial charge on any atom is 0.251 e. The van der Waals surface area contributed by atoms with E-state index < -0.39 is 33.7 Å². The molecule has 0 unspecified atom stereocenters. The maximum absolute atomic E-state index is 13.6. The van der Waals surface area contributed by atoms with Crippen LogP contribution >= 0.6 is 0 Å². The molecule has 0 radical (unpaired) electrons. The van der Waals surface area contributed by atoms with Crippen molar-refractivity contribution >= 4 is 10.0 Å². The molecule has 0 fully saturated rings. The number of halogens is 3. The van der Waals surface area contributed by atoms with Gasteiger partial charge >= 0.3 is 0 Å². The number of sulfonamides is 1. The summed E-state index contributed by atoms with van der Waals surface area (Å²) in [6, 6.07) is 3.51. The van der Waals surface area contributed by atoms with Gasteiger partial charge in [-0.2, -0.15) is 0 Å². The summed E-state index contributed by atoms with van der Waals surface area (Å²) in [5, 5.41) is 2.78. The molecule has 8 heteroatoms. The van der Waals surface area contributed by atoms with Crippen LogP contribution in [0, 0.1) is 5.82 Å². The fourth-order valence-corrected chi connectivity index (χ4v) is 2.39. The lowest BCUT2D eigenvalue weighted by atomic mass is 10.2. The summed E-state index contributed by atoms with van der Waals surface area (Å²) in [4.78, 5) is -0.636. The zero-order chi connectivity index (χ0) is 13.8. The van der Waals surface area contributed by atoms with E-state index in [2.05, 4.69) is 5.32 Å². The molecular weight excluding hydrogens is 269 g/mol. The lowest BCUT2D eigenvalue weighted by Crippen LogP contribution is -2.29. The van der Waals surface area contributed by atoms with Crippen LogP contribution in [0.2, 0.25) is 0 Å². The summed E-state index contributed by atoms with van der Waals surface area (Å²) in [6.45, 7) is -0.665. The molecule has 0 amide bonds. The van der Waals surface area contributed by atoms with Crippen molar-refractivity contribution in [1.82, 2.24) is 10.0 Å². The molecule has 4 nitrogen and oxygen atoms in total. The van der Waals surface area contributed by atoms with Gasteiger partial charge in [-0.1, -0.05) is 6.07 Å². The molecule has 102 valence electrons. The second kappa shape index (κ2) is 6.17. The molecule has 0 saturated heterocycles. The molecule has 0 atom stereocenters. The number of alkyl halides is 2. The summed E-state index contributed by atoms with van der Waals surface area (Å²) in [7, 11) is -2.58. The largest absolute Gasteiger partial charge is 0.316 e. The van der Waals surface area contributed by atoms with E-state index in [1.807, 2.05) is 0 Å². The van der Waals surface area contributed by atoms with Gasteiger partial charge in [0, 0.05) is 6.54 Å². The van der Waals surface area contributed by atoms with Crippen LogP contribution in [-0.2, 0) is 16.6 Å². The highest BCUT2D eigenvalue weighted by molar-refractivity contribution is 7.89. The summed E-state index contributed by atoms with van der Waals surface area (Å²) in [6.07, 6.45) is -2.83. The molecule has 1 aromatic carbocycles. The zero-order valence-corrected chi connectivity index (χ0v) is 10.4. The fourth-order valence-electron chi connectivity index (χ4n) is 1.33. The number of hydrogen-bond donors (Lipinski definition) is 2. The van der Waals surface area contributed by atoms with E-state index in [-0.39, 0.29) is 0 Å². The van der Waals surface area contributed by atoms with Crippen LogP contribution in [-0.4, -0.2) is 28.4 Å². The van der Waals surface area contributed by atoms with Crippen LogP contribution in [0.15, 0.2) is 23.1 Å². The van der Waals surface area contributed by atoms with Crippen LogP contribution in [0.5, 0.6) is 0 Å². The predicted molar refractivity (Wildman–Crippen MR) is 60.4 cm³/mol. The number of hydrogen-bond acceptors (Lipinski definition) is 3. The molecule has 0 aliphatic carbocycles. The molecule has 0 bridgehead atoms. The van der Waals surface area contributed by atoms with Crippen LogP contribution < -0.4 is 10.0 Å². The molecule has 0 heterocycles. The Morgan fingerprint density at radius 3 is 2.50 bits per heavy atom. The SMILES string of the molecule is CNCc1ccc(S(=O)(=O)NCC(F)F)c(F)c1. The van der Waals surface area contributed by atoms with Crippen molar-refractivity contribution in [2.24, 2.45) is 0 Å². The van der Waals surface area contributed by atoms with Gasteiger partial charge in [-0.15, -0.1) is 0 Å². The Hall–Kier alpha value is -1.12. The fraction of sp³-hybridized carbons (Fsp3) is 0.400. The van der Waals surface area contributed by atoms with E-state index in [1.165, 1.54) is 6.07 Å². The van der Waals surface area contributed by atoms with E-state index in [0.717, 1.165) is 12.1 Å². The second-order valence-electron chi connectivity index (χ2n) is 3.54. The predicted octanol–water partition coefficient (Wildman–Crippen LogP) is 1.09. The van der Waals surface area contributed by atoms with Crippen molar-refractivity contribution in [2.75, 3.05) is 13.6 Å². The summed E-state index contributed by atoms with van der Waals surface area (Å²) in [5.41, 5.74) is 0.558. The highest BCUT2D eigenvalue weighted by Crippen LogP contribution is 2.16. The molecule has 0 aliphatic heterocycles. The van der Waals surface area contributed by atoms with Gasteiger partial charge in [0.1, 0.15) is 10.7 Å². The lowest BCUT2D eigenvalue weighted by Gasteiger charge is -2.08. The monoisotopic (exact) mass is 282 g/mol. The Bertz CT molecular complexity index is 506. The number of rotatable bonds is 6. The third-order valence-corrected chi connectivity index (χ3v) is 3.55. The molecule has 1 rings (SSSR count). The van der Waals surface area contributed by atoms with Crippen LogP contribution in [0.1, 0.15) is 5.56 Å². The average Bonchev–Trinajstić information content (AvgIpc) is 2.27. The Labute approximate surface area is 103 Å². The van der Waals surface area contributed by atoms with E-state index in [4.69, 9.17) is 0 Å². The third kappa shape index (κ3) is 3.97. The van der Waals surface area contributed by atoms with Gasteiger partial charge in [-0.05, 0) is 24.7 Å². The van der Waals surface area contributed by atoms with Crippen molar-refractivity contribution < 1.29 is 21.6 Å². The standard InChI is InChI=1S/C10H13F3N2O2S/c1-14-5-7-2-3-9(8(11)4-7)18(16,17)15-6-10(12)13/h2-4,10,14-15H,5-6H2,1H3. The first-order valence-electron chi connectivity index (χ1n) is 5.07. The molecule has 0 aromatic heterocycles. The second-order valence-corrected chi connectivity index (χ2v) is 5.27. The van der Waals surface area contributed by atoms with Crippen molar-refractivity contribution in [3.05, 3.63) is 29.6 Å². The topological polar surface area (TPSA) is 58.2 Å². The highest BCUT2D eigenvalue weighted by atomic mass is 32.2. The first kappa shape index (κ1) is 14.9. The van der Waals surface area contributed by atoms with Crippen LogP contribution in [0.4, 0.5) is 13.2 Å². The quantitative estimate of drug-likeness (QED) is 0.821. The van der Waals surface area contributed by atoms with Crippen molar-refractivity contribution in [2.45, 2.75) is 17.9 Å². The van der Waals surface area contributed by atoms with Gasteiger partial charge in [0.15, 0.2) is 0 Å². The Morgan fingerprint density at radius 2 is 2.00 bits per heavy atom. The van der Waals surface area contributed by atoms with Crippen LogP contribution in [0.25, 0.3) is 0 Å². The van der Waals surface area contributed by atoms with E-state index >= 15 is 0 Å². The summed E-state index contributed by atoms with van der Waals surface area (Å²) in [5.74, 6) is -0.968. The summed E-state index contributed by atoms with van der Waals surface area (Å²) < 4.78 is 62.1. The van der Waals surface area contributed by atoms with E-state index in [9.17, 15) is 21.6 Å². The van der Waals surface area contributed by atoms with Gasteiger partial charge in [-0.3, -0.25) is 0 Å². The molecule has 0 aliphatic rings. The van der Waals surface area contributed by atoms with Crippen molar-refractivity contribution in [3.8, 4) is 0 Å². The molecule has 2 N–H and O–H groups in total. The van der Waals surface area contributed by atoms with Gasteiger partial charge in [0.25, 0.3) is 6.43 Å². The minimum Gasteiger partial charge on any atom is -0.316 e. The van der Waals surface area contributed by atoms with Gasteiger partial charge in [0.05, 0.1) is 6.54 Å². The lowest BCUT2D eigenvalue weighted by molar-refractivity contribution is 0.153. The van der Waals surface area contributed by atoms with Gasteiger partial charge in [0.2, 0.25) is 10.0 Å². The highest BCUT2D eigenvalue weighted by Gasteiger charge is 2.20. The number of benzene rings is 1. The first-order chi connectivity index (χ1) is 8.36. The van der Waals surface area contributed by atoms with E-state index in [1.54, 1.807) is 11.8 Å². The smallest absolute Gasteiger partial charge is 0.251 e. The Morgan fingerprint density at radius 1 is 1.33 bits per heavy atom. The average molecular weight is 282 g/mol. The zero-order valence-electron chi connectivity index (χ0n) is 9.58.